The lowest BCUT2D eigenvalue weighted by molar-refractivity contribution is -0.120. The largest absolute Gasteiger partial charge is 0.390 e. The number of hydrogen-bond donors (Lipinski definition) is 2. The third-order valence-electron chi connectivity index (χ3n) is 8.97. The van der Waals surface area contributed by atoms with E-state index in [0.717, 1.165) is 37.7 Å². The summed E-state index contributed by atoms with van der Waals surface area (Å²) in [6.07, 6.45) is 11.2. The number of fused-ring (bicyclic) bond motifs is 2. The topological polar surface area (TPSA) is 134 Å². The lowest BCUT2D eigenvalue weighted by atomic mass is 9.79. The highest BCUT2D eigenvalue weighted by Crippen LogP contribution is 2.57. The van der Waals surface area contributed by atoms with Gasteiger partial charge in [-0.1, -0.05) is 6.42 Å². The summed E-state index contributed by atoms with van der Waals surface area (Å²) >= 11 is 0. The number of hydrogen-bond acceptors (Lipinski definition) is 8. The first-order chi connectivity index (χ1) is 18.5. The molecule has 4 heterocycles. The Morgan fingerprint density at radius 1 is 1.15 bits per heavy atom. The second kappa shape index (κ2) is 9.52. The Kier molecular flexibility index (Phi) is 6.50. The van der Waals surface area contributed by atoms with Gasteiger partial charge in [-0.05, 0) is 71.6 Å². The lowest BCUT2D eigenvalue weighted by Crippen LogP contribution is -2.42. The standard InChI is InChI=1S/C27H39N7O4S/c1-18(2)34-17-21(14-29-34)39(37,38)32-11-6-20(7-12-32)30-25-28-15-22-23(31-25)33(24(35)27(22)9-10-27)16-19-5-4-8-26(3,36)13-19/h14-15,17-20,36H,4-13,16H2,1-3H3,(H,28,30,31)/t19?,26-/m1/s1. The van der Waals surface area contributed by atoms with Crippen LogP contribution in [0.1, 0.15) is 83.7 Å². The van der Waals surface area contributed by atoms with Gasteiger partial charge in [-0.3, -0.25) is 14.4 Å². The van der Waals surface area contributed by atoms with Crippen LogP contribution in [0, 0.1) is 5.92 Å². The number of aromatic nitrogens is 4. The molecule has 39 heavy (non-hydrogen) atoms. The van der Waals surface area contributed by atoms with Gasteiger partial charge >= 0.3 is 0 Å². The summed E-state index contributed by atoms with van der Waals surface area (Å²) in [4.78, 5) is 24.9. The molecule has 212 valence electrons. The van der Waals surface area contributed by atoms with Crippen LogP contribution in [0.25, 0.3) is 0 Å². The zero-order valence-electron chi connectivity index (χ0n) is 23.0. The van der Waals surface area contributed by atoms with Crippen LogP contribution in [-0.2, 0) is 20.2 Å². The molecular formula is C27H39N7O4S. The number of aliphatic hydroxyl groups is 1. The van der Waals surface area contributed by atoms with Crippen molar-refractivity contribution in [2.24, 2.45) is 5.92 Å². The molecule has 12 heteroatoms. The van der Waals surface area contributed by atoms with E-state index in [2.05, 4.69) is 15.4 Å². The minimum absolute atomic E-state index is 0.0294. The molecule has 1 amide bonds. The van der Waals surface area contributed by atoms with Crippen molar-refractivity contribution in [3.05, 3.63) is 24.2 Å². The highest BCUT2D eigenvalue weighted by atomic mass is 32.2. The van der Waals surface area contributed by atoms with E-state index in [4.69, 9.17) is 4.98 Å². The van der Waals surface area contributed by atoms with Crippen LogP contribution in [-0.4, -0.2) is 74.8 Å². The van der Waals surface area contributed by atoms with Crippen LogP contribution >= 0.6 is 0 Å². The average molecular weight is 558 g/mol. The fourth-order valence-electron chi connectivity index (χ4n) is 6.55. The molecule has 3 fully saturated rings. The Morgan fingerprint density at radius 2 is 1.90 bits per heavy atom. The molecule has 0 aromatic carbocycles. The molecule has 2 atom stereocenters. The molecule has 0 radical (unpaired) electrons. The Morgan fingerprint density at radius 3 is 2.54 bits per heavy atom. The van der Waals surface area contributed by atoms with E-state index in [9.17, 15) is 18.3 Å². The van der Waals surface area contributed by atoms with Gasteiger partial charge in [-0.15, -0.1) is 0 Å². The van der Waals surface area contributed by atoms with Crippen molar-refractivity contribution in [3.63, 3.8) is 0 Å². The average Bonchev–Trinajstić information content (AvgIpc) is 3.46. The third-order valence-corrected chi connectivity index (χ3v) is 10.8. The van der Waals surface area contributed by atoms with E-state index < -0.39 is 21.0 Å². The number of piperidine rings is 1. The van der Waals surface area contributed by atoms with Crippen molar-refractivity contribution in [1.29, 1.82) is 0 Å². The molecule has 1 unspecified atom stereocenters. The van der Waals surface area contributed by atoms with Gasteiger partial charge in [0.15, 0.2) is 0 Å². The summed E-state index contributed by atoms with van der Waals surface area (Å²) in [5.41, 5.74) is -0.223. The summed E-state index contributed by atoms with van der Waals surface area (Å²) in [7, 11) is -3.59. The Hall–Kier alpha value is -2.57. The molecule has 11 nitrogen and oxygen atoms in total. The molecule has 2 N–H and O–H groups in total. The molecule has 1 spiro atoms. The maximum absolute atomic E-state index is 13.5. The van der Waals surface area contributed by atoms with Gasteiger partial charge in [0.05, 0.1) is 17.2 Å². The van der Waals surface area contributed by atoms with Gasteiger partial charge in [-0.25, -0.2) is 13.4 Å². The first-order valence-electron chi connectivity index (χ1n) is 14.2. The zero-order chi connectivity index (χ0) is 27.6. The number of sulfonamides is 1. The van der Waals surface area contributed by atoms with Crippen molar-refractivity contribution in [3.8, 4) is 0 Å². The van der Waals surface area contributed by atoms with E-state index in [0.29, 0.717) is 50.7 Å². The molecule has 2 aromatic rings. The Labute approximate surface area is 230 Å². The highest BCUT2D eigenvalue weighted by Gasteiger charge is 2.60. The van der Waals surface area contributed by atoms with E-state index in [-0.39, 0.29) is 28.8 Å². The highest BCUT2D eigenvalue weighted by molar-refractivity contribution is 7.89. The van der Waals surface area contributed by atoms with Crippen LogP contribution in [0.15, 0.2) is 23.5 Å². The van der Waals surface area contributed by atoms with Gasteiger partial charge in [0.25, 0.3) is 0 Å². The van der Waals surface area contributed by atoms with Crippen molar-refractivity contribution < 1.29 is 18.3 Å². The minimum Gasteiger partial charge on any atom is -0.390 e. The van der Waals surface area contributed by atoms with Gasteiger partial charge in [0, 0.05) is 49.7 Å². The number of carbonyl (C=O) groups is 1. The van der Waals surface area contributed by atoms with Gasteiger partial charge in [0.1, 0.15) is 10.7 Å². The predicted octanol–water partition coefficient (Wildman–Crippen LogP) is 2.84. The van der Waals surface area contributed by atoms with Crippen LogP contribution in [0.2, 0.25) is 0 Å². The number of nitrogens with zero attached hydrogens (tertiary/aromatic N) is 6. The van der Waals surface area contributed by atoms with Crippen LogP contribution < -0.4 is 10.2 Å². The summed E-state index contributed by atoms with van der Waals surface area (Å²) in [5.74, 6) is 1.53. The van der Waals surface area contributed by atoms with Gasteiger partial charge in [0.2, 0.25) is 21.9 Å². The molecule has 6 rings (SSSR count). The molecule has 2 aliphatic carbocycles. The molecule has 2 aromatic heterocycles. The first kappa shape index (κ1) is 26.6. The van der Waals surface area contributed by atoms with Crippen LogP contribution in [0.3, 0.4) is 0 Å². The van der Waals surface area contributed by atoms with E-state index in [1.54, 1.807) is 17.1 Å². The van der Waals surface area contributed by atoms with Crippen molar-refractivity contribution in [2.45, 2.75) is 100 Å². The fourth-order valence-corrected chi connectivity index (χ4v) is 7.96. The maximum atomic E-state index is 13.5. The normalized spacial score (nSPS) is 27.4. The van der Waals surface area contributed by atoms with Gasteiger partial charge < -0.3 is 10.4 Å². The number of anilines is 2. The molecule has 1 saturated heterocycles. The van der Waals surface area contributed by atoms with E-state index >= 15 is 0 Å². The molecular weight excluding hydrogens is 518 g/mol. The molecule has 4 aliphatic rings. The third kappa shape index (κ3) is 4.84. The number of rotatable bonds is 7. The second-order valence-electron chi connectivity index (χ2n) is 12.5. The predicted molar refractivity (Wildman–Crippen MR) is 146 cm³/mol. The second-order valence-corrected chi connectivity index (χ2v) is 14.4. The fraction of sp³-hybridized carbons (Fsp3) is 0.704. The number of nitrogens with one attached hydrogen (secondary N) is 1. The smallest absolute Gasteiger partial charge is 0.246 e. The first-order valence-corrected chi connectivity index (χ1v) is 15.7. The molecule has 2 saturated carbocycles. The summed E-state index contributed by atoms with van der Waals surface area (Å²) in [5, 5.41) is 18.2. The summed E-state index contributed by atoms with van der Waals surface area (Å²) < 4.78 is 29.4. The van der Waals surface area contributed by atoms with Crippen molar-refractivity contribution in [1.82, 2.24) is 24.1 Å². The van der Waals surface area contributed by atoms with Crippen molar-refractivity contribution >= 4 is 27.7 Å². The number of carbonyl (C=O) groups excluding carboxylic acids is 1. The van der Waals surface area contributed by atoms with Crippen LogP contribution in [0.5, 0.6) is 0 Å². The Balaban J connectivity index is 1.13. The van der Waals surface area contributed by atoms with Crippen LogP contribution in [0.4, 0.5) is 11.8 Å². The summed E-state index contributed by atoms with van der Waals surface area (Å²) in [6, 6.07) is 0.122. The Bertz CT molecular complexity index is 1360. The number of amides is 1. The maximum Gasteiger partial charge on any atom is 0.246 e. The van der Waals surface area contributed by atoms with E-state index in [1.165, 1.54) is 10.5 Å². The quantitative estimate of drug-likeness (QED) is 0.531. The van der Waals surface area contributed by atoms with E-state index in [1.807, 2.05) is 25.7 Å². The minimum atomic E-state index is -3.59. The van der Waals surface area contributed by atoms with Gasteiger partial charge in [-0.2, -0.15) is 14.4 Å². The molecule has 0 bridgehead atoms. The summed E-state index contributed by atoms with van der Waals surface area (Å²) in [6.45, 7) is 7.17. The zero-order valence-corrected chi connectivity index (χ0v) is 23.8. The molecule has 2 aliphatic heterocycles. The SMILES string of the molecule is CC(C)n1cc(S(=O)(=O)N2CCC(Nc3ncc4c(n3)N(CC3CCC[C@@](C)(O)C3)C(=O)C43CC3)CC2)cn1. The monoisotopic (exact) mass is 557 g/mol. The lowest BCUT2D eigenvalue weighted by Gasteiger charge is -2.35. The van der Waals surface area contributed by atoms with Crippen molar-refractivity contribution in [2.75, 3.05) is 29.9 Å².